The number of nitrogens with one attached hydrogen (secondary N) is 2. The lowest BCUT2D eigenvalue weighted by atomic mass is 10.1. The van der Waals surface area contributed by atoms with Gasteiger partial charge in [0.2, 0.25) is 0 Å². The summed E-state index contributed by atoms with van der Waals surface area (Å²) >= 11 is 3.08. The number of benzene rings is 1. The third-order valence-corrected chi connectivity index (χ3v) is 3.82. The van der Waals surface area contributed by atoms with Gasteiger partial charge in [-0.25, -0.2) is 14.2 Å². The third kappa shape index (κ3) is 4.54. The zero-order valence-corrected chi connectivity index (χ0v) is 15.2. The van der Waals surface area contributed by atoms with E-state index in [0.717, 1.165) is 37.4 Å². The second-order valence-corrected chi connectivity index (χ2v) is 6.11. The van der Waals surface area contributed by atoms with E-state index in [9.17, 15) is 27.2 Å². The van der Waals surface area contributed by atoms with Crippen molar-refractivity contribution in [2.45, 2.75) is 11.8 Å². The van der Waals surface area contributed by atoms with E-state index in [4.69, 9.17) is 0 Å². The van der Waals surface area contributed by atoms with Gasteiger partial charge in [-0.1, -0.05) is 6.07 Å². The Morgan fingerprint density at radius 2 is 1.89 bits per heavy atom. The number of halogens is 5. The molecule has 11 heteroatoms. The SMILES string of the molecule is COC(=O)C(NC(=O)c1cccc(F)c1)(Nc1ccc(Br)cn1)C(F)(F)F. The van der Waals surface area contributed by atoms with Gasteiger partial charge in [-0.05, 0) is 46.3 Å². The number of rotatable bonds is 5. The Kier molecular flexibility index (Phi) is 6.04. The van der Waals surface area contributed by atoms with Crippen LogP contribution in [0, 0.1) is 5.82 Å². The largest absolute Gasteiger partial charge is 0.466 e. The molecule has 1 heterocycles. The van der Waals surface area contributed by atoms with Gasteiger partial charge in [-0.15, -0.1) is 0 Å². The van der Waals surface area contributed by atoms with Crippen molar-refractivity contribution in [3.05, 3.63) is 58.4 Å². The number of ether oxygens (including phenoxy) is 1. The van der Waals surface area contributed by atoms with Crippen molar-refractivity contribution >= 4 is 33.6 Å². The highest BCUT2D eigenvalue weighted by Crippen LogP contribution is 2.33. The number of hydrogen-bond acceptors (Lipinski definition) is 5. The molecule has 1 amide bonds. The smallest absolute Gasteiger partial charge is 0.441 e. The molecule has 0 aliphatic heterocycles. The molecule has 27 heavy (non-hydrogen) atoms. The minimum Gasteiger partial charge on any atom is -0.466 e. The lowest BCUT2D eigenvalue weighted by molar-refractivity contribution is -0.203. The molecule has 0 aliphatic carbocycles. The van der Waals surface area contributed by atoms with Crippen molar-refractivity contribution in [3.8, 4) is 0 Å². The monoisotopic (exact) mass is 449 g/mol. The van der Waals surface area contributed by atoms with Crippen molar-refractivity contribution in [3.63, 3.8) is 0 Å². The molecule has 1 unspecified atom stereocenters. The Balaban J connectivity index is 2.48. The maximum absolute atomic E-state index is 13.8. The molecular formula is C16H12BrF4N3O3. The van der Waals surface area contributed by atoms with E-state index in [1.807, 2.05) is 5.32 Å². The van der Waals surface area contributed by atoms with Gasteiger partial charge in [0.25, 0.3) is 5.91 Å². The summed E-state index contributed by atoms with van der Waals surface area (Å²) in [6, 6.07) is 6.50. The van der Waals surface area contributed by atoms with Crippen LogP contribution in [0.1, 0.15) is 10.4 Å². The van der Waals surface area contributed by atoms with Crippen LogP contribution in [0.5, 0.6) is 0 Å². The molecule has 2 rings (SSSR count). The van der Waals surface area contributed by atoms with Gasteiger partial charge in [0.05, 0.1) is 7.11 Å². The Bertz CT molecular complexity index is 846. The first-order chi connectivity index (χ1) is 12.6. The number of anilines is 1. The normalized spacial score (nSPS) is 13.4. The number of carbonyl (C=O) groups excluding carboxylic acids is 2. The van der Waals surface area contributed by atoms with E-state index in [0.29, 0.717) is 4.47 Å². The summed E-state index contributed by atoms with van der Waals surface area (Å²) in [5, 5.41) is 3.43. The topological polar surface area (TPSA) is 80.3 Å². The van der Waals surface area contributed by atoms with Crippen LogP contribution < -0.4 is 10.6 Å². The van der Waals surface area contributed by atoms with Gasteiger partial charge >= 0.3 is 17.8 Å². The summed E-state index contributed by atoms with van der Waals surface area (Å²) in [4.78, 5) is 28.0. The summed E-state index contributed by atoms with van der Waals surface area (Å²) in [7, 11) is 0.730. The van der Waals surface area contributed by atoms with E-state index in [2.05, 4.69) is 25.7 Å². The summed E-state index contributed by atoms with van der Waals surface area (Å²) in [5.74, 6) is -4.37. The molecule has 0 bridgehead atoms. The number of pyridine rings is 1. The molecule has 0 spiro atoms. The van der Waals surface area contributed by atoms with Crippen molar-refractivity contribution in [2.24, 2.45) is 0 Å². The predicted molar refractivity (Wildman–Crippen MR) is 90.2 cm³/mol. The summed E-state index contributed by atoms with van der Waals surface area (Å²) in [5.41, 5.74) is -4.07. The maximum atomic E-state index is 13.8. The van der Waals surface area contributed by atoms with Crippen LogP contribution in [0.2, 0.25) is 0 Å². The minimum atomic E-state index is -5.32. The molecule has 0 radical (unpaired) electrons. The first-order valence-electron chi connectivity index (χ1n) is 7.22. The molecule has 0 aliphatic rings. The second kappa shape index (κ2) is 7.91. The van der Waals surface area contributed by atoms with Crippen molar-refractivity contribution in [1.82, 2.24) is 10.3 Å². The van der Waals surface area contributed by atoms with Crippen LogP contribution in [0.3, 0.4) is 0 Å². The fourth-order valence-corrected chi connectivity index (χ4v) is 2.29. The maximum Gasteiger partial charge on any atom is 0.441 e. The lowest BCUT2D eigenvalue weighted by Crippen LogP contribution is -2.69. The number of amides is 1. The number of hydrogen-bond donors (Lipinski definition) is 2. The fraction of sp³-hybridized carbons (Fsp3) is 0.188. The highest BCUT2D eigenvalue weighted by atomic mass is 79.9. The number of aromatic nitrogens is 1. The molecule has 1 aromatic carbocycles. The number of alkyl halides is 3. The van der Waals surface area contributed by atoms with Gasteiger partial charge < -0.3 is 15.4 Å². The summed E-state index contributed by atoms with van der Waals surface area (Å²) < 4.78 is 59.5. The second-order valence-electron chi connectivity index (χ2n) is 5.19. The lowest BCUT2D eigenvalue weighted by Gasteiger charge is -2.34. The molecular weight excluding hydrogens is 438 g/mol. The highest BCUT2D eigenvalue weighted by Gasteiger charge is 2.63. The zero-order valence-electron chi connectivity index (χ0n) is 13.6. The first kappa shape index (κ1) is 20.6. The number of esters is 1. The molecule has 0 saturated carbocycles. The minimum absolute atomic E-state index is 0.361. The predicted octanol–water partition coefficient (Wildman–Crippen LogP) is 3.26. The number of carbonyl (C=O) groups is 2. The molecule has 6 nitrogen and oxygen atoms in total. The van der Waals surface area contributed by atoms with Crippen molar-refractivity contribution in [1.29, 1.82) is 0 Å². The van der Waals surface area contributed by atoms with E-state index < -0.39 is 35.1 Å². The molecule has 2 aromatic rings. The Hall–Kier alpha value is -2.69. The molecule has 0 saturated heterocycles. The van der Waals surface area contributed by atoms with Crippen LogP contribution >= 0.6 is 15.9 Å². The van der Waals surface area contributed by atoms with Gasteiger partial charge in [0.15, 0.2) is 0 Å². The van der Waals surface area contributed by atoms with Gasteiger partial charge in [0.1, 0.15) is 11.6 Å². The standard InChI is InChI=1S/C16H12BrF4N3O3/c1-27-14(26)15(16(19,20)21,23-12-6-5-10(17)8-22-12)24-13(25)9-3-2-4-11(18)7-9/h2-8H,1H3,(H,22,23)(H,24,25). The van der Waals surface area contributed by atoms with E-state index in [-0.39, 0.29) is 5.82 Å². The molecule has 1 atom stereocenters. The van der Waals surface area contributed by atoms with Crippen LogP contribution in [-0.4, -0.2) is 35.8 Å². The molecule has 2 N–H and O–H groups in total. The number of nitrogens with zero attached hydrogens (tertiary/aromatic N) is 1. The average Bonchev–Trinajstić information content (AvgIpc) is 2.61. The Labute approximate surface area is 159 Å². The quantitative estimate of drug-likeness (QED) is 0.416. The summed E-state index contributed by atoms with van der Waals surface area (Å²) in [6.45, 7) is 0. The van der Waals surface area contributed by atoms with Gasteiger partial charge in [0, 0.05) is 16.2 Å². The van der Waals surface area contributed by atoms with Crippen LogP contribution in [0.25, 0.3) is 0 Å². The molecule has 0 fully saturated rings. The van der Waals surface area contributed by atoms with Crippen LogP contribution in [-0.2, 0) is 9.53 Å². The highest BCUT2D eigenvalue weighted by molar-refractivity contribution is 9.10. The Morgan fingerprint density at radius 1 is 1.19 bits per heavy atom. The Morgan fingerprint density at radius 3 is 2.41 bits per heavy atom. The van der Waals surface area contributed by atoms with Gasteiger partial charge in [-0.3, -0.25) is 4.79 Å². The first-order valence-corrected chi connectivity index (χ1v) is 8.01. The van der Waals surface area contributed by atoms with E-state index in [1.54, 1.807) is 5.32 Å². The van der Waals surface area contributed by atoms with Crippen LogP contribution in [0.15, 0.2) is 47.1 Å². The fourth-order valence-electron chi connectivity index (χ4n) is 2.06. The van der Waals surface area contributed by atoms with Crippen molar-refractivity contribution in [2.75, 3.05) is 12.4 Å². The van der Waals surface area contributed by atoms with Crippen LogP contribution in [0.4, 0.5) is 23.4 Å². The molecule has 1 aromatic heterocycles. The van der Waals surface area contributed by atoms with E-state index in [1.165, 1.54) is 12.3 Å². The molecule has 144 valence electrons. The van der Waals surface area contributed by atoms with Crippen molar-refractivity contribution < 1.29 is 31.9 Å². The third-order valence-electron chi connectivity index (χ3n) is 3.35. The van der Waals surface area contributed by atoms with Gasteiger partial charge in [-0.2, -0.15) is 13.2 Å². The number of methoxy groups -OCH3 is 1. The zero-order chi connectivity index (χ0) is 20.2. The van der Waals surface area contributed by atoms with E-state index >= 15 is 0 Å². The average molecular weight is 450 g/mol. The summed E-state index contributed by atoms with van der Waals surface area (Å²) in [6.07, 6.45) is -4.13.